The van der Waals surface area contributed by atoms with Gasteiger partial charge in [0.15, 0.2) is 0 Å². The second-order valence-corrected chi connectivity index (χ2v) is 5.52. The van der Waals surface area contributed by atoms with E-state index in [1.54, 1.807) is 18.2 Å². The molecule has 0 radical (unpaired) electrons. The number of rotatable bonds is 3. The summed E-state index contributed by atoms with van der Waals surface area (Å²) < 4.78 is 6.27. The van der Waals surface area contributed by atoms with Crippen LogP contribution in [0.15, 0.2) is 22.7 Å². The molecule has 1 aliphatic rings. The molecular weight excluding hydrogens is 296 g/mol. The lowest BCUT2D eigenvalue weighted by Gasteiger charge is -2.14. The molecule has 5 heteroatoms. The Hall–Kier alpha value is -1.07. The summed E-state index contributed by atoms with van der Waals surface area (Å²) in [6, 6.07) is 5.21. The lowest BCUT2D eigenvalue weighted by molar-refractivity contribution is 0.0907. The van der Waals surface area contributed by atoms with Crippen molar-refractivity contribution in [3.63, 3.8) is 0 Å². The highest BCUT2D eigenvalue weighted by Crippen LogP contribution is 2.20. The van der Waals surface area contributed by atoms with Crippen molar-refractivity contribution in [1.29, 1.82) is 0 Å². The molecule has 1 aromatic carbocycles. The molecule has 1 amide bonds. The van der Waals surface area contributed by atoms with E-state index in [4.69, 9.17) is 10.5 Å². The van der Waals surface area contributed by atoms with Gasteiger partial charge < -0.3 is 15.8 Å². The van der Waals surface area contributed by atoms with Crippen molar-refractivity contribution in [2.45, 2.75) is 19.4 Å². The van der Waals surface area contributed by atoms with Crippen molar-refractivity contribution in [2.24, 2.45) is 5.92 Å². The predicted octanol–water partition coefficient (Wildman–Crippen LogP) is 2.19. The third kappa shape index (κ3) is 3.23. The van der Waals surface area contributed by atoms with E-state index in [-0.39, 0.29) is 12.0 Å². The van der Waals surface area contributed by atoms with Gasteiger partial charge in [-0.2, -0.15) is 0 Å². The molecule has 2 rings (SSSR count). The van der Waals surface area contributed by atoms with Gasteiger partial charge in [-0.15, -0.1) is 0 Å². The monoisotopic (exact) mass is 312 g/mol. The molecule has 3 N–H and O–H groups in total. The van der Waals surface area contributed by atoms with Crippen LogP contribution in [0.25, 0.3) is 0 Å². The Morgan fingerprint density at radius 2 is 2.33 bits per heavy atom. The van der Waals surface area contributed by atoms with E-state index >= 15 is 0 Å². The van der Waals surface area contributed by atoms with E-state index < -0.39 is 0 Å². The first-order valence-electron chi connectivity index (χ1n) is 6.02. The molecule has 1 fully saturated rings. The van der Waals surface area contributed by atoms with Crippen LogP contribution < -0.4 is 11.1 Å². The molecule has 1 heterocycles. The second kappa shape index (κ2) is 5.71. The minimum Gasteiger partial charge on any atom is -0.399 e. The number of amides is 1. The van der Waals surface area contributed by atoms with Gasteiger partial charge in [0, 0.05) is 34.8 Å². The topological polar surface area (TPSA) is 64.3 Å². The highest BCUT2D eigenvalue weighted by atomic mass is 79.9. The Morgan fingerprint density at radius 1 is 1.56 bits per heavy atom. The number of carbonyl (C=O) groups excluding carboxylic acids is 1. The van der Waals surface area contributed by atoms with Crippen LogP contribution in [-0.2, 0) is 4.74 Å². The van der Waals surface area contributed by atoms with Crippen molar-refractivity contribution in [1.82, 2.24) is 5.32 Å². The highest BCUT2D eigenvalue weighted by Gasteiger charge is 2.24. The van der Waals surface area contributed by atoms with Gasteiger partial charge in [-0.3, -0.25) is 4.79 Å². The first-order valence-corrected chi connectivity index (χ1v) is 6.81. The quantitative estimate of drug-likeness (QED) is 0.841. The van der Waals surface area contributed by atoms with Crippen LogP contribution in [0.5, 0.6) is 0 Å². The number of hydrogen-bond acceptors (Lipinski definition) is 3. The van der Waals surface area contributed by atoms with Crippen molar-refractivity contribution < 1.29 is 9.53 Å². The normalized spacial score (nSPS) is 23.0. The third-order valence-corrected chi connectivity index (χ3v) is 3.70. The fourth-order valence-electron chi connectivity index (χ4n) is 2.11. The number of hydrogen-bond donors (Lipinski definition) is 2. The zero-order chi connectivity index (χ0) is 13.1. The minimum atomic E-state index is -0.0953. The summed E-state index contributed by atoms with van der Waals surface area (Å²) in [6.07, 6.45) is 1.22. The largest absolute Gasteiger partial charge is 0.399 e. The summed E-state index contributed by atoms with van der Waals surface area (Å²) in [5, 5.41) is 2.93. The van der Waals surface area contributed by atoms with Gasteiger partial charge in [0.1, 0.15) is 0 Å². The summed E-state index contributed by atoms with van der Waals surface area (Å²) in [4.78, 5) is 12.0. The van der Waals surface area contributed by atoms with Crippen LogP contribution in [0.4, 0.5) is 5.69 Å². The van der Waals surface area contributed by atoms with Gasteiger partial charge in [0.25, 0.3) is 5.91 Å². The van der Waals surface area contributed by atoms with Crippen molar-refractivity contribution >= 4 is 27.5 Å². The van der Waals surface area contributed by atoms with Gasteiger partial charge in [0.05, 0.1) is 6.10 Å². The Bertz CT molecular complexity index is 430. The van der Waals surface area contributed by atoms with Crippen LogP contribution in [0.3, 0.4) is 0 Å². The summed E-state index contributed by atoms with van der Waals surface area (Å²) >= 11 is 3.33. The standard InChI is InChI=1S/C13H17BrN2O2/c1-8-9(2-3-18-8)7-16-13(17)10-4-11(14)6-12(15)5-10/h4-6,8-9H,2-3,7,15H2,1H3,(H,16,17). The number of ether oxygens (including phenoxy) is 1. The molecule has 0 bridgehead atoms. The van der Waals surface area contributed by atoms with Gasteiger partial charge in [0.2, 0.25) is 0 Å². The second-order valence-electron chi connectivity index (χ2n) is 4.61. The van der Waals surface area contributed by atoms with Crippen LogP contribution >= 0.6 is 15.9 Å². The third-order valence-electron chi connectivity index (χ3n) is 3.24. The number of nitrogen functional groups attached to an aromatic ring is 1. The Morgan fingerprint density at radius 3 is 2.94 bits per heavy atom. The summed E-state index contributed by atoms with van der Waals surface area (Å²) in [7, 11) is 0. The molecule has 0 saturated carbocycles. The highest BCUT2D eigenvalue weighted by molar-refractivity contribution is 9.10. The number of anilines is 1. The molecule has 1 aromatic rings. The lowest BCUT2D eigenvalue weighted by Crippen LogP contribution is -2.32. The van der Waals surface area contributed by atoms with E-state index in [2.05, 4.69) is 21.2 Å². The van der Waals surface area contributed by atoms with Crippen LogP contribution in [-0.4, -0.2) is 25.2 Å². The van der Waals surface area contributed by atoms with Crippen LogP contribution in [0.2, 0.25) is 0 Å². The number of carbonyl (C=O) groups is 1. The predicted molar refractivity (Wildman–Crippen MR) is 74.4 cm³/mol. The Balaban J connectivity index is 1.95. The Labute approximate surface area is 115 Å². The first kappa shape index (κ1) is 13.4. The molecule has 98 valence electrons. The zero-order valence-electron chi connectivity index (χ0n) is 10.3. The fourth-order valence-corrected chi connectivity index (χ4v) is 2.62. The molecule has 2 atom stereocenters. The Kier molecular flexibility index (Phi) is 4.24. The summed E-state index contributed by atoms with van der Waals surface area (Å²) in [6.45, 7) is 3.47. The number of nitrogens with one attached hydrogen (secondary N) is 1. The van der Waals surface area contributed by atoms with Gasteiger partial charge in [-0.25, -0.2) is 0 Å². The summed E-state index contributed by atoms with van der Waals surface area (Å²) in [5.74, 6) is 0.306. The molecule has 0 aliphatic carbocycles. The van der Waals surface area contributed by atoms with E-state index in [1.807, 2.05) is 6.92 Å². The van der Waals surface area contributed by atoms with Crippen molar-refractivity contribution in [3.05, 3.63) is 28.2 Å². The molecular formula is C13H17BrN2O2. The van der Waals surface area contributed by atoms with E-state index in [1.165, 1.54) is 0 Å². The molecule has 18 heavy (non-hydrogen) atoms. The van der Waals surface area contributed by atoms with Gasteiger partial charge in [-0.05, 0) is 31.5 Å². The molecule has 4 nitrogen and oxygen atoms in total. The van der Waals surface area contributed by atoms with Crippen LogP contribution in [0.1, 0.15) is 23.7 Å². The fraction of sp³-hybridized carbons (Fsp3) is 0.462. The summed E-state index contributed by atoms with van der Waals surface area (Å²) in [5.41, 5.74) is 6.86. The number of benzene rings is 1. The zero-order valence-corrected chi connectivity index (χ0v) is 11.9. The maximum atomic E-state index is 12.0. The average molecular weight is 313 g/mol. The van der Waals surface area contributed by atoms with Crippen molar-refractivity contribution in [3.8, 4) is 0 Å². The minimum absolute atomic E-state index is 0.0953. The smallest absolute Gasteiger partial charge is 0.251 e. The number of halogens is 1. The number of nitrogens with two attached hydrogens (primary N) is 1. The van der Waals surface area contributed by atoms with Crippen molar-refractivity contribution in [2.75, 3.05) is 18.9 Å². The average Bonchev–Trinajstić information content (AvgIpc) is 2.70. The first-order chi connectivity index (χ1) is 8.56. The maximum Gasteiger partial charge on any atom is 0.251 e. The van der Waals surface area contributed by atoms with Gasteiger partial charge >= 0.3 is 0 Å². The molecule has 0 aromatic heterocycles. The van der Waals surface area contributed by atoms with Crippen LogP contribution in [0, 0.1) is 5.92 Å². The van der Waals surface area contributed by atoms with E-state index in [9.17, 15) is 4.79 Å². The SMILES string of the molecule is CC1OCCC1CNC(=O)c1cc(N)cc(Br)c1. The van der Waals surface area contributed by atoms with Gasteiger partial charge in [-0.1, -0.05) is 15.9 Å². The van der Waals surface area contributed by atoms with E-state index in [0.717, 1.165) is 17.5 Å². The molecule has 0 spiro atoms. The molecule has 1 saturated heterocycles. The molecule has 2 unspecified atom stereocenters. The maximum absolute atomic E-state index is 12.0. The van der Waals surface area contributed by atoms with E-state index in [0.29, 0.717) is 23.7 Å². The lowest BCUT2D eigenvalue weighted by atomic mass is 10.0. The molecule has 1 aliphatic heterocycles.